The van der Waals surface area contributed by atoms with Crippen molar-refractivity contribution in [1.29, 1.82) is 0 Å². The minimum Gasteiger partial charge on any atom is -0.497 e. The molecule has 0 aromatic heterocycles. The van der Waals surface area contributed by atoms with Crippen molar-refractivity contribution in [2.45, 2.75) is 59.2 Å². The summed E-state index contributed by atoms with van der Waals surface area (Å²) < 4.78 is 37.3. The molecular weight excluding hydrogens is 494 g/mol. The summed E-state index contributed by atoms with van der Waals surface area (Å²) >= 11 is 0. The molecule has 9 nitrogen and oxygen atoms in total. The Kier molecular flexibility index (Phi) is 10.4. The van der Waals surface area contributed by atoms with Crippen LogP contribution in [-0.2, 0) is 26.2 Å². The average molecular weight is 534 g/mol. The van der Waals surface area contributed by atoms with Crippen LogP contribution in [0.5, 0.6) is 11.5 Å². The summed E-state index contributed by atoms with van der Waals surface area (Å²) in [5.41, 5.74) is 0.575. The van der Waals surface area contributed by atoms with Gasteiger partial charge in [0.15, 0.2) is 0 Å². The van der Waals surface area contributed by atoms with Crippen LogP contribution in [0.15, 0.2) is 48.5 Å². The van der Waals surface area contributed by atoms with Gasteiger partial charge in [0.25, 0.3) is 0 Å². The van der Waals surface area contributed by atoms with E-state index in [1.54, 1.807) is 49.6 Å². The van der Waals surface area contributed by atoms with E-state index < -0.39 is 34.1 Å². The van der Waals surface area contributed by atoms with Gasteiger partial charge in [0.05, 0.1) is 25.7 Å². The molecule has 0 heterocycles. The monoisotopic (exact) mass is 533 g/mol. The van der Waals surface area contributed by atoms with E-state index in [-0.39, 0.29) is 12.5 Å². The van der Waals surface area contributed by atoms with Crippen molar-refractivity contribution < 1.29 is 27.5 Å². The molecule has 0 saturated carbocycles. The van der Waals surface area contributed by atoms with Crippen LogP contribution in [0, 0.1) is 0 Å². The molecule has 0 saturated heterocycles. The second kappa shape index (κ2) is 12.8. The van der Waals surface area contributed by atoms with Gasteiger partial charge in [-0.2, -0.15) is 0 Å². The summed E-state index contributed by atoms with van der Waals surface area (Å²) in [5, 5.41) is 2.94. The van der Waals surface area contributed by atoms with Crippen molar-refractivity contribution in [3.05, 3.63) is 54.1 Å². The molecule has 0 aliphatic heterocycles. The summed E-state index contributed by atoms with van der Waals surface area (Å²) in [6.45, 7) is 9.38. The molecule has 1 N–H and O–H groups in total. The first kappa shape index (κ1) is 30.0. The van der Waals surface area contributed by atoms with Crippen LogP contribution >= 0.6 is 0 Å². The maximum absolute atomic E-state index is 13.8. The molecule has 0 aliphatic carbocycles. The molecule has 10 heteroatoms. The van der Waals surface area contributed by atoms with E-state index in [0.717, 1.165) is 16.1 Å². The Morgan fingerprint density at radius 2 is 1.68 bits per heavy atom. The first-order chi connectivity index (χ1) is 17.3. The molecule has 0 unspecified atom stereocenters. The summed E-state index contributed by atoms with van der Waals surface area (Å²) in [6, 6.07) is 12.9. The van der Waals surface area contributed by atoms with Crippen molar-refractivity contribution in [1.82, 2.24) is 10.2 Å². The van der Waals surface area contributed by atoms with Gasteiger partial charge in [-0.15, -0.1) is 0 Å². The van der Waals surface area contributed by atoms with Crippen LogP contribution in [-0.4, -0.2) is 63.2 Å². The van der Waals surface area contributed by atoms with Gasteiger partial charge in [-0.05, 0) is 76.1 Å². The third kappa shape index (κ3) is 8.96. The minimum atomic E-state index is -3.81. The molecule has 2 amide bonds. The van der Waals surface area contributed by atoms with Gasteiger partial charge < -0.3 is 19.7 Å². The lowest BCUT2D eigenvalue weighted by Crippen LogP contribution is -2.55. The highest BCUT2D eigenvalue weighted by Gasteiger charge is 2.33. The normalized spacial score (nSPS) is 12.4. The Hall–Kier alpha value is -3.27. The number of carbonyl (C=O) groups is 2. The standard InChI is InChI=1S/C27H39N3O6S/c1-8-24(26(32)28-27(3,4)5)29(18-20-11-10-12-23(17-20)35-6)25(31)19-30(37(7,33)34)21-13-15-22(16-14-21)36-9-2/h10-17,24H,8-9,18-19H2,1-7H3,(H,28,32)/t24-/m0/s1. The van der Waals surface area contributed by atoms with Crippen molar-refractivity contribution in [2.75, 3.05) is 30.8 Å². The molecule has 2 rings (SSSR count). The Labute approximate surface area is 220 Å². The minimum absolute atomic E-state index is 0.104. The molecule has 2 aromatic carbocycles. The van der Waals surface area contributed by atoms with E-state index in [4.69, 9.17) is 9.47 Å². The number of rotatable bonds is 12. The quantitative estimate of drug-likeness (QED) is 0.447. The lowest BCUT2D eigenvalue weighted by Gasteiger charge is -2.34. The Morgan fingerprint density at radius 1 is 1.03 bits per heavy atom. The number of sulfonamides is 1. The largest absolute Gasteiger partial charge is 0.497 e. The van der Waals surface area contributed by atoms with Crippen LogP contribution < -0.4 is 19.1 Å². The number of benzene rings is 2. The zero-order chi connectivity index (χ0) is 27.8. The van der Waals surface area contributed by atoms with E-state index in [9.17, 15) is 18.0 Å². The highest BCUT2D eigenvalue weighted by atomic mass is 32.2. The highest BCUT2D eigenvalue weighted by Crippen LogP contribution is 2.23. The topological polar surface area (TPSA) is 105 Å². The van der Waals surface area contributed by atoms with Crippen LogP contribution in [0.25, 0.3) is 0 Å². The number of hydrogen-bond donors (Lipinski definition) is 1. The molecule has 204 valence electrons. The number of methoxy groups -OCH3 is 1. The third-order valence-corrected chi connectivity index (χ3v) is 6.63. The number of hydrogen-bond acceptors (Lipinski definition) is 6. The fourth-order valence-electron chi connectivity index (χ4n) is 3.83. The van der Waals surface area contributed by atoms with E-state index in [2.05, 4.69) is 5.32 Å². The number of nitrogens with one attached hydrogen (secondary N) is 1. The molecule has 0 fully saturated rings. The van der Waals surface area contributed by atoms with Crippen molar-refractivity contribution in [3.8, 4) is 11.5 Å². The molecule has 37 heavy (non-hydrogen) atoms. The molecule has 1 atom stereocenters. The number of ether oxygens (including phenoxy) is 2. The zero-order valence-corrected chi connectivity index (χ0v) is 23.6. The second-order valence-corrected chi connectivity index (χ2v) is 11.6. The van der Waals surface area contributed by atoms with E-state index >= 15 is 0 Å². The van der Waals surface area contributed by atoms with E-state index in [1.165, 1.54) is 4.90 Å². The van der Waals surface area contributed by atoms with Gasteiger partial charge in [-0.1, -0.05) is 19.1 Å². The molecular formula is C27H39N3O6S. The first-order valence-electron chi connectivity index (χ1n) is 12.2. The van der Waals surface area contributed by atoms with Crippen LogP contribution in [0.2, 0.25) is 0 Å². The lowest BCUT2D eigenvalue weighted by atomic mass is 10.1. The number of anilines is 1. The van der Waals surface area contributed by atoms with Crippen LogP contribution in [0.4, 0.5) is 5.69 Å². The smallest absolute Gasteiger partial charge is 0.244 e. The summed E-state index contributed by atoms with van der Waals surface area (Å²) in [5.74, 6) is 0.399. The van der Waals surface area contributed by atoms with Gasteiger partial charge in [0.2, 0.25) is 21.8 Å². The second-order valence-electron chi connectivity index (χ2n) is 9.73. The van der Waals surface area contributed by atoms with Gasteiger partial charge >= 0.3 is 0 Å². The predicted octanol–water partition coefficient (Wildman–Crippen LogP) is 3.58. The Balaban J connectivity index is 2.45. The summed E-state index contributed by atoms with van der Waals surface area (Å²) in [6.07, 6.45) is 1.40. The number of amides is 2. The van der Waals surface area contributed by atoms with E-state index in [0.29, 0.717) is 30.2 Å². The van der Waals surface area contributed by atoms with Gasteiger partial charge in [0.1, 0.15) is 24.1 Å². The van der Waals surface area contributed by atoms with Crippen molar-refractivity contribution in [2.24, 2.45) is 0 Å². The molecule has 0 spiro atoms. The summed E-state index contributed by atoms with van der Waals surface area (Å²) in [7, 11) is -2.26. The molecule has 0 bridgehead atoms. The Bertz CT molecular complexity index is 1160. The van der Waals surface area contributed by atoms with Crippen molar-refractivity contribution >= 4 is 27.5 Å². The van der Waals surface area contributed by atoms with Crippen molar-refractivity contribution in [3.63, 3.8) is 0 Å². The summed E-state index contributed by atoms with van der Waals surface area (Å²) in [4.78, 5) is 28.4. The molecule has 2 aromatic rings. The SMILES string of the molecule is CCOc1ccc(N(CC(=O)N(Cc2cccc(OC)c2)[C@@H](CC)C(=O)NC(C)(C)C)S(C)(=O)=O)cc1. The number of nitrogens with zero attached hydrogens (tertiary/aromatic N) is 2. The van der Waals surface area contributed by atoms with Gasteiger partial charge in [-0.3, -0.25) is 13.9 Å². The van der Waals surface area contributed by atoms with Crippen LogP contribution in [0.1, 0.15) is 46.6 Å². The maximum atomic E-state index is 13.8. The highest BCUT2D eigenvalue weighted by molar-refractivity contribution is 7.92. The fourth-order valence-corrected chi connectivity index (χ4v) is 4.68. The maximum Gasteiger partial charge on any atom is 0.244 e. The van der Waals surface area contributed by atoms with Gasteiger partial charge in [0, 0.05) is 12.1 Å². The fraction of sp³-hybridized carbons (Fsp3) is 0.481. The molecule has 0 radical (unpaired) electrons. The molecule has 0 aliphatic rings. The zero-order valence-electron chi connectivity index (χ0n) is 22.8. The third-order valence-electron chi connectivity index (χ3n) is 5.49. The predicted molar refractivity (Wildman–Crippen MR) is 145 cm³/mol. The number of carbonyl (C=O) groups excluding carboxylic acids is 2. The van der Waals surface area contributed by atoms with Gasteiger partial charge in [-0.25, -0.2) is 8.42 Å². The van der Waals surface area contributed by atoms with E-state index in [1.807, 2.05) is 40.7 Å². The van der Waals surface area contributed by atoms with Crippen LogP contribution in [0.3, 0.4) is 0 Å². The lowest BCUT2D eigenvalue weighted by molar-refractivity contribution is -0.141. The average Bonchev–Trinajstić information content (AvgIpc) is 2.81. The Morgan fingerprint density at radius 3 is 2.19 bits per heavy atom. The first-order valence-corrected chi connectivity index (χ1v) is 14.1.